The summed E-state index contributed by atoms with van der Waals surface area (Å²) in [6, 6.07) is 14.6. The molecule has 0 spiro atoms. The number of non-ortho nitro benzene ring substituents is 1. The van der Waals surface area contributed by atoms with Crippen molar-refractivity contribution in [1.82, 2.24) is 0 Å². The highest BCUT2D eigenvalue weighted by Crippen LogP contribution is 2.38. The largest absolute Gasteiger partial charge is 0.376 e. The Balaban J connectivity index is 2.08. The van der Waals surface area contributed by atoms with Gasteiger partial charge in [0.2, 0.25) is 0 Å². The van der Waals surface area contributed by atoms with Gasteiger partial charge < -0.3 is 4.74 Å². The second-order valence-electron chi connectivity index (χ2n) is 4.85. The summed E-state index contributed by atoms with van der Waals surface area (Å²) in [7, 11) is 1.61. The lowest BCUT2D eigenvalue weighted by Gasteiger charge is -2.23. The highest BCUT2D eigenvalue weighted by molar-refractivity contribution is 6.03. The van der Waals surface area contributed by atoms with Crippen LogP contribution >= 0.6 is 0 Å². The van der Waals surface area contributed by atoms with Gasteiger partial charge in [-0.3, -0.25) is 15.1 Å². The van der Waals surface area contributed by atoms with E-state index in [0.717, 1.165) is 22.5 Å². The number of rotatable bonds is 3. The molecule has 0 saturated heterocycles. The highest BCUT2D eigenvalue weighted by Gasteiger charge is 2.25. The Hall–Kier alpha value is -2.53. The van der Waals surface area contributed by atoms with E-state index in [-0.39, 0.29) is 11.8 Å². The van der Waals surface area contributed by atoms with Crippen LogP contribution in [0, 0.1) is 10.1 Å². The van der Waals surface area contributed by atoms with Gasteiger partial charge in [-0.05, 0) is 11.6 Å². The van der Waals surface area contributed by atoms with Gasteiger partial charge in [-0.15, -0.1) is 0 Å². The van der Waals surface area contributed by atoms with E-state index in [9.17, 15) is 10.1 Å². The van der Waals surface area contributed by atoms with Crippen molar-refractivity contribution in [3.8, 4) is 0 Å². The maximum absolute atomic E-state index is 10.9. The number of methoxy groups -OCH3 is 1. The lowest BCUT2D eigenvalue weighted by Crippen LogP contribution is -2.14. The molecule has 1 unspecified atom stereocenters. The molecule has 0 radical (unpaired) electrons. The van der Waals surface area contributed by atoms with E-state index in [1.807, 2.05) is 30.3 Å². The molecule has 1 atom stereocenters. The molecule has 1 heterocycles. The molecule has 106 valence electrons. The van der Waals surface area contributed by atoms with Gasteiger partial charge in [0.05, 0.1) is 22.4 Å². The lowest BCUT2D eigenvalue weighted by atomic mass is 9.94. The quantitative estimate of drug-likeness (QED) is 0.635. The van der Waals surface area contributed by atoms with Crippen molar-refractivity contribution in [3.63, 3.8) is 0 Å². The summed E-state index contributed by atoms with van der Waals surface area (Å²) >= 11 is 0. The van der Waals surface area contributed by atoms with Crippen LogP contribution in [-0.4, -0.2) is 17.7 Å². The van der Waals surface area contributed by atoms with Crippen molar-refractivity contribution in [1.29, 1.82) is 0 Å². The molecule has 0 saturated carbocycles. The Morgan fingerprint density at radius 2 is 2.00 bits per heavy atom. The van der Waals surface area contributed by atoms with E-state index < -0.39 is 4.92 Å². The van der Waals surface area contributed by atoms with E-state index in [2.05, 4.69) is 4.99 Å². The standard InChI is InChI=1S/C16H14N2O3/c1-21-16-10-15(11-5-3-2-4-6-11)17-14-8-7-12(18(19)20)9-13(14)16/h2-9,16H,10H2,1H3. The van der Waals surface area contributed by atoms with Crippen molar-refractivity contribution < 1.29 is 9.66 Å². The first-order valence-electron chi connectivity index (χ1n) is 6.63. The summed E-state index contributed by atoms with van der Waals surface area (Å²) in [6.07, 6.45) is 0.391. The topological polar surface area (TPSA) is 64.7 Å². The molecule has 0 aromatic heterocycles. The average Bonchev–Trinajstić information content (AvgIpc) is 2.54. The van der Waals surface area contributed by atoms with E-state index in [1.165, 1.54) is 6.07 Å². The van der Waals surface area contributed by atoms with Crippen molar-refractivity contribution >= 4 is 17.1 Å². The van der Waals surface area contributed by atoms with Crippen molar-refractivity contribution in [2.24, 2.45) is 4.99 Å². The van der Waals surface area contributed by atoms with Gasteiger partial charge in [0.15, 0.2) is 0 Å². The molecule has 21 heavy (non-hydrogen) atoms. The van der Waals surface area contributed by atoms with Gasteiger partial charge in [0.1, 0.15) is 0 Å². The summed E-state index contributed by atoms with van der Waals surface area (Å²) in [6.45, 7) is 0. The molecule has 0 aliphatic carbocycles. The molecule has 3 rings (SSSR count). The van der Waals surface area contributed by atoms with Crippen LogP contribution in [0.25, 0.3) is 0 Å². The number of ether oxygens (including phenoxy) is 1. The Kier molecular flexibility index (Phi) is 3.50. The van der Waals surface area contributed by atoms with Gasteiger partial charge in [0.25, 0.3) is 5.69 Å². The highest BCUT2D eigenvalue weighted by atomic mass is 16.6. The van der Waals surface area contributed by atoms with Crippen LogP contribution in [0.1, 0.15) is 23.7 Å². The smallest absolute Gasteiger partial charge is 0.269 e. The minimum atomic E-state index is -0.399. The van der Waals surface area contributed by atoms with Crippen molar-refractivity contribution in [3.05, 3.63) is 69.8 Å². The van der Waals surface area contributed by atoms with E-state index in [4.69, 9.17) is 4.74 Å². The Bertz CT molecular complexity index is 711. The molecule has 2 aromatic rings. The van der Waals surface area contributed by atoms with Crippen LogP contribution in [-0.2, 0) is 4.74 Å². The molecule has 5 heteroatoms. The summed E-state index contributed by atoms with van der Waals surface area (Å²) in [5.74, 6) is 0. The number of nitro benzene ring substituents is 1. The molecular weight excluding hydrogens is 268 g/mol. The van der Waals surface area contributed by atoms with Crippen LogP contribution < -0.4 is 0 Å². The van der Waals surface area contributed by atoms with Crippen LogP contribution in [0.4, 0.5) is 11.4 Å². The van der Waals surface area contributed by atoms with E-state index in [1.54, 1.807) is 19.2 Å². The zero-order chi connectivity index (χ0) is 14.8. The van der Waals surface area contributed by atoms with Crippen LogP contribution in [0.15, 0.2) is 53.5 Å². The first kappa shape index (κ1) is 13.5. The molecule has 0 bridgehead atoms. The second-order valence-corrected chi connectivity index (χ2v) is 4.85. The number of hydrogen-bond donors (Lipinski definition) is 0. The summed E-state index contributed by atoms with van der Waals surface area (Å²) in [5.41, 5.74) is 3.55. The average molecular weight is 282 g/mol. The minimum absolute atomic E-state index is 0.0640. The third-order valence-corrected chi connectivity index (χ3v) is 3.59. The van der Waals surface area contributed by atoms with Gasteiger partial charge in [-0.1, -0.05) is 30.3 Å². The predicted molar refractivity (Wildman–Crippen MR) is 80.1 cm³/mol. The fourth-order valence-corrected chi connectivity index (χ4v) is 2.52. The molecule has 2 aromatic carbocycles. The number of benzene rings is 2. The van der Waals surface area contributed by atoms with Crippen LogP contribution in [0.2, 0.25) is 0 Å². The Labute approximate surface area is 122 Å². The SMILES string of the molecule is COC1CC(c2ccccc2)=Nc2ccc([N+](=O)[O-])cc21. The first-order valence-corrected chi connectivity index (χ1v) is 6.63. The van der Waals surface area contributed by atoms with Crippen molar-refractivity contribution in [2.45, 2.75) is 12.5 Å². The van der Waals surface area contributed by atoms with E-state index in [0.29, 0.717) is 6.42 Å². The summed E-state index contributed by atoms with van der Waals surface area (Å²) in [4.78, 5) is 15.1. The Morgan fingerprint density at radius 1 is 1.24 bits per heavy atom. The third-order valence-electron chi connectivity index (χ3n) is 3.59. The number of nitro groups is 1. The van der Waals surface area contributed by atoms with Gasteiger partial charge >= 0.3 is 0 Å². The molecule has 0 N–H and O–H groups in total. The summed E-state index contributed by atoms with van der Waals surface area (Å²) in [5, 5.41) is 10.9. The molecule has 0 amide bonds. The zero-order valence-electron chi connectivity index (χ0n) is 11.5. The minimum Gasteiger partial charge on any atom is -0.376 e. The predicted octanol–water partition coefficient (Wildman–Crippen LogP) is 3.81. The maximum atomic E-state index is 10.9. The first-order chi connectivity index (χ1) is 10.2. The molecular formula is C16H14N2O3. The fraction of sp³-hybridized carbons (Fsp3) is 0.188. The van der Waals surface area contributed by atoms with Crippen LogP contribution in [0.3, 0.4) is 0 Å². The normalized spacial score (nSPS) is 17.0. The van der Waals surface area contributed by atoms with Crippen molar-refractivity contribution in [2.75, 3.05) is 7.11 Å². The Morgan fingerprint density at radius 3 is 2.67 bits per heavy atom. The number of hydrogen-bond acceptors (Lipinski definition) is 4. The zero-order valence-corrected chi connectivity index (χ0v) is 11.5. The molecule has 1 aliphatic heterocycles. The van der Waals surface area contributed by atoms with Gasteiger partial charge in [0, 0.05) is 31.2 Å². The summed E-state index contributed by atoms with van der Waals surface area (Å²) < 4.78 is 5.50. The molecule has 1 aliphatic rings. The second kappa shape index (κ2) is 5.46. The molecule has 5 nitrogen and oxygen atoms in total. The maximum Gasteiger partial charge on any atom is 0.269 e. The number of fused-ring (bicyclic) bond motifs is 1. The monoisotopic (exact) mass is 282 g/mol. The number of aliphatic imine (C=N–C) groups is 1. The van der Waals surface area contributed by atoms with Gasteiger partial charge in [-0.2, -0.15) is 0 Å². The number of nitrogens with zero attached hydrogens (tertiary/aromatic N) is 2. The van der Waals surface area contributed by atoms with Gasteiger partial charge in [-0.25, -0.2) is 0 Å². The fourth-order valence-electron chi connectivity index (χ4n) is 2.52. The molecule has 0 fully saturated rings. The van der Waals surface area contributed by atoms with E-state index >= 15 is 0 Å². The lowest BCUT2D eigenvalue weighted by molar-refractivity contribution is -0.385. The van der Waals surface area contributed by atoms with Crippen LogP contribution in [0.5, 0.6) is 0 Å². The third kappa shape index (κ3) is 2.55.